The average molecular weight is 348 g/mol. The Balaban J connectivity index is 2.02. The Morgan fingerprint density at radius 3 is 2.67 bits per heavy atom. The molecule has 0 spiro atoms. The van der Waals surface area contributed by atoms with Gasteiger partial charge in [-0.1, -0.05) is 6.07 Å². The second-order valence-electron chi connectivity index (χ2n) is 5.24. The van der Waals surface area contributed by atoms with E-state index in [2.05, 4.69) is 9.72 Å². The van der Waals surface area contributed by atoms with Crippen LogP contribution in [0.2, 0.25) is 0 Å². The number of aromatic nitrogens is 1. The van der Waals surface area contributed by atoms with Crippen molar-refractivity contribution in [1.82, 2.24) is 9.29 Å². The Hall–Kier alpha value is -2.45. The molecule has 0 bridgehead atoms. The van der Waals surface area contributed by atoms with Gasteiger partial charge in [-0.15, -0.1) is 0 Å². The molecule has 1 aromatic carbocycles. The predicted octanol–water partition coefficient (Wildman–Crippen LogP) is 1.58. The van der Waals surface area contributed by atoms with Crippen LogP contribution >= 0.6 is 0 Å². The molecule has 3 rings (SSSR count). The molecule has 2 heterocycles. The van der Waals surface area contributed by atoms with Crippen LogP contribution < -0.4 is 4.74 Å². The van der Waals surface area contributed by atoms with Crippen molar-refractivity contribution < 1.29 is 22.7 Å². The lowest BCUT2D eigenvalue weighted by Crippen LogP contribution is -2.26. The number of esters is 1. The van der Waals surface area contributed by atoms with Crippen molar-refractivity contribution in [3.8, 4) is 5.75 Å². The Kier molecular flexibility index (Phi) is 4.25. The molecule has 1 aliphatic rings. The van der Waals surface area contributed by atoms with Crippen LogP contribution in [0.5, 0.6) is 5.75 Å². The molecular weight excluding hydrogens is 332 g/mol. The number of methoxy groups -OCH3 is 2. The average Bonchev–Trinajstić information content (AvgIpc) is 3.05. The summed E-state index contributed by atoms with van der Waals surface area (Å²) < 4.78 is 37.2. The number of fused-ring (bicyclic) bond motifs is 1. The van der Waals surface area contributed by atoms with Crippen LogP contribution in [0.15, 0.2) is 41.4 Å². The Bertz CT molecular complexity index is 870. The molecule has 7 nitrogen and oxygen atoms in total. The monoisotopic (exact) mass is 348 g/mol. The lowest BCUT2D eigenvalue weighted by molar-refractivity contribution is 0.0600. The standard InChI is InChI=1S/C16H16N2O5S/c1-22-14-6-5-11(16(19)23-2)8-15(14)24(20,21)18-9-12-4-3-7-17-13(12)10-18/h3-8H,9-10H2,1-2H3. The third-order valence-corrected chi connectivity index (χ3v) is 5.67. The van der Waals surface area contributed by atoms with E-state index >= 15 is 0 Å². The summed E-state index contributed by atoms with van der Waals surface area (Å²) >= 11 is 0. The van der Waals surface area contributed by atoms with Crippen LogP contribution in [0.3, 0.4) is 0 Å². The molecule has 24 heavy (non-hydrogen) atoms. The number of pyridine rings is 1. The number of benzene rings is 1. The van der Waals surface area contributed by atoms with E-state index in [0.29, 0.717) is 0 Å². The Morgan fingerprint density at radius 2 is 2.00 bits per heavy atom. The maximum absolute atomic E-state index is 13.0. The van der Waals surface area contributed by atoms with Crippen LogP contribution in [-0.2, 0) is 27.8 Å². The van der Waals surface area contributed by atoms with Gasteiger partial charge in [0.25, 0.3) is 0 Å². The van der Waals surface area contributed by atoms with Gasteiger partial charge in [-0.3, -0.25) is 4.98 Å². The van der Waals surface area contributed by atoms with Gasteiger partial charge in [-0.25, -0.2) is 13.2 Å². The van der Waals surface area contributed by atoms with Crippen molar-refractivity contribution in [3.63, 3.8) is 0 Å². The van der Waals surface area contributed by atoms with Crippen LogP contribution in [0.1, 0.15) is 21.6 Å². The fourth-order valence-electron chi connectivity index (χ4n) is 2.60. The zero-order chi connectivity index (χ0) is 17.3. The summed E-state index contributed by atoms with van der Waals surface area (Å²) in [6, 6.07) is 7.80. The maximum atomic E-state index is 13.0. The highest BCUT2D eigenvalue weighted by atomic mass is 32.2. The Labute approximate surface area is 139 Å². The first-order chi connectivity index (χ1) is 11.5. The van der Waals surface area contributed by atoms with E-state index in [4.69, 9.17) is 4.74 Å². The molecule has 0 saturated carbocycles. The maximum Gasteiger partial charge on any atom is 0.337 e. The molecule has 0 N–H and O–H groups in total. The number of sulfonamides is 1. The third-order valence-electron chi connectivity index (χ3n) is 3.86. The summed E-state index contributed by atoms with van der Waals surface area (Å²) in [6.45, 7) is 0.418. The molecule has 8 heteroatoms. The predicted molar refractivity (Wildman–Crippen MR) is 85.0 cm³/mol. The second-order valence-corrected chi connectivity index (χ2v) is 7.15. The van der Waals surface area contributed by atoms with E-state index in [1.165, 1.54) is 36.7 Å². The molecule has 0 saturated heterocycles. The van der Waals surface area contributed by atoms with E-state index in [1.807, 2.05) is 6.07 Å². The van der Waals surface area contributed by atoms with E-state index in [0.717, 1.165) is 11.3 Å². The zero-order valence-corrected chi connectivity index (χ0v) is 14.0. The number of carbonyl (C=O) groups is 1. The molecule has 0 unspecified atom stereocenters. The largest absolute Gasteiger partial charge is 0.495 e. The van der Waals surface area contributed by atoms with Gasteiger partial charge < -0.3 is 9.47 Å². The summed E-state index contributed by atoms with van der Waals surface area (Å²) in [4.78, 5) is 15.8. The summed E-state index contributed by atoms with van der Waals surface area (Å²) in [6.07, 6.45) is 1.63. The fourth-order valence-corrected chi connectivity index (χ4v) is 4.16. The number of nitrogens with zero attached hydrogens (tertiary/aromatic N) is 2. The van der Waals surface area contributed by atoms with Crippen molar-refractivity contribution in [2.75, 3.05) is 14.2 Å². The van der Waals surface area contributed by atoms with Gasteiger partial charge in [-0.2, -0.15) is 4.31 Å². The minimum Gasteiger partial charge on any atom is -0.495 e. The SMILES string of the molecule is COC(=O)c1ccc(OC)c(S(=O)(=O)N2Cc3cccnc3C2)c1. The van der Waals surface area contributed by atoms with Crippen LogP contribution in [0, 0.1) is 0 Å². The minimum absolute atomic E-state index is 0.0688. The van der Waals surface area contributed by atoms with Gasteiger partial charge in [0.05, 0.1) is 32.0 Å². The summed E-state index contributed by atoms with van der Waals surface area (Å²) in [5, 5.41) is 0. The van der Waals surface area contributed by atoms with Crippen molar-refractivity contribution in [1.29, 1.82) is 0 Å². The van der Waals surface area contributed by atoms with E-state index < -0.39 is 16.0 Å². The van der Waals surface area contributed by atoms with E-state index in [1.54, 1.807) is 12.3 Å². The first-order valence-electron chi connectivity index (χ1n) is 7.16. The molecular formula is C16H16N2O5S. The van der Waals surface area contributed by atoms with Gasteiger partial charge in [0.2, 0.25) is 10.0 Å². The molecule has 1 aromatic heterocycles. The van der Waals surface area contributed by atoms with Gasteiger partial charge in [0.15, 0.2) is 0 Å². The van der Waals surface area contributed by atoms with Gasteiger partial charge in [0.1, 0.15) is 10.6 Å². The molecule has 0 atom stereocenters. The highest BCUT2D eigenvalue weighted by molar-refractivity contribution is 7.89. The smallest absolute Gasteiger partial charge is 0.337 e. The summed E-state index contributed by atoms with van der Waals surface area (Å²) in [5.74, 6) is -0.438. The number of carbonyl (C=O) groups excluding carboxylic acids is 1. The number of hydrogen-bond donors (Lipinski definition) is 0. The quantitative estimate of drug-likeness (QED) is 0.780. The van der Waals surface area contributed by atoms with Crippen molar-refractivity contribution >= 4 is 16.0 Å². The minimum atomic E-state index is -3.85. The molecule has 126 valence electrons. The van der Waals surface area contributed by atoms with Crippen molar-refractivity contribution in [2.45, 2.75) is 18.0 Å². The number of rotatable bonds is 4. The van der Waals surface area contributed by atoms with Crippen LogP contribution in [0.4, 0.5) is 0 Å². The highest BCUT2D eigenvalue weighted by Crippen LogP contribution is 2.32. The van der Waals surface area contributed by atoms with Gasteiger partial charge in [0, 0.05) is 12.7 Å². The fraction of sp³-hybridized carbons (Fsp3) is 0.250. The summed E-state index contributed by atoms with van der Waals surface area (Å²) in [7, 11) is -1.23. The van der Waals surface area contributed by atoms with E-state index in [9.17, 15) is 13.2 Å². The number of hydrogen-bond acceptors (Lipinski definition) is 6. The highest BCUT2D eigenvalue weighted by Gasteiger charge is 2.33. The molecule has 1 aliphatic heterocycles. The molecule has 0 amide bonds. The number of ether oxygens (including phenoxy) is 2. The third kappa shape index (κ3) is 2.74. The molecule has 0 fully saturated rings. The first kappa shape index (κ1) is 16.4. The van der Waals surface area contributed by atoms with Gasteiger partial charge >= 0.3 is 5.97 Å². The molecule has 2 aromatic rings. The molecule has 0 radical (unpaired) electrons. The normalized spacial score (nSPS) is 14.2. The second kappa shape index (κ2) is 6.21. The van der Waals surface area contributed by atoms with Crippen molar-refractivity contribution in [2.24, 2.45) is 0 Å². The topological polar surface area (TPSA) is 85.8 Å². The first-order valence-corrected chi connectivity index (χ1v) is 8.60. The van der Waals surface area contributed by atoms with Crippen LogP contribution in [-0.4, -0.2) is 37.9 Å². The van der Waals surface area contributed by atoms with Crippen molar-refractivity contribution in [3.05, 3.63) is 53.3 Å². The lowest BCUT2D eigenvalue weighted by atomic mass is 10.2. The lowest BCUT2D eigenvalue weighted by Gasteiger charge is -2.18. The Morgan fingerprint density at radius 1 is 1.21 bits per heavy atom. The van der Waals surface area contributed by atoms with Gasteiger partial charge in [-0.05, 0) is 29.8 Å². The van der Waals surface area contributed by atoms with Crippen LogP contribution in [0.25, 0.3) is 0 Å². The summed E-state index contributed by atoms with van der Waals surface area (Å²) in [5.41, 5.74) is 1.74. The molecule has 0 aliphatic carbocycles. The van der Waals surface area contributed by atoms with E-state index in [-0.39, 0.29) is 29.3 Å². The zero-order valence-electron chi connectivity index (χ0n) is 13.2.